The quantitative estimate of drug-likeness (QED) is 0.400. The first kappa shape index (κ1) is 20.5. The summed E-state index contributed by atoms with van der Waals surface area (Å²) in [6.07, 6.45) is 0.656. The van der Waals surface area contributed by atoms with Crippen molar-refractivity contribution in [2.75, 3.05) is 38.1 Å². The first-order valence-electron chi connectivity index (χ1n) is 12.1. The molecule has 1 heterocycles. The Kier molecular flexibility index (Phi) is 7.47. The zero-order valence-corrected chi connectivity index (χ0v) is 18.5. The Morgan fingerprint density at radius 2 is 2.29 bits per heavy atom. The van der Waals surface area contributed by atoms with Gasteiger partial charge in [-0.05, 0) is 57.6 Å². The average molecular weight is 440 g/mol. The Bertz CT molecular complexity index is 845. The minimum atomic E-state index is -2.25. The Morgan fingerprint density at radius 1 is 1.52 bits per heavy atom. The highest BCUT2D eigenvalue weighted by Gasteiger charge is 2.30. The van der Waals surface area contributed by atoms with Gasteiger partial charge in [-0.1, -0.05) is 12.9 Å². The monoisotopic (exact) mass is 439 g/mol. The van der Waals surface area contributed by atoms with E-state index in [4.69, 9.17) is 14.0 Å². The van der Waals surface area contributed by atoms with Gasteiger partial charge >= 0.3 is 6.09 Å². The summed E-state index contributed by atoms with van der Waals surface area (Å²) in [5, 5.41) is 26.8. The van der Waals surface area contributed by atoms with Gasteiger partial charge in [0.1, 0.15) is 11.3 Å². The number of hydrogen-bond donors (Lipinski definition) is 3. The second kappa shape index (κ2) is 11.3. The first-order chi connectivity index (χ1) is 15.8. The summed E-state index contributed by atoms with van der Waals surface area (Å²) in [7, 11) is 0. The predicted molar refractivity (Wildman–Crippen MR) is 120 cm³/mol. The molecule has 2 rings (SSSR count). The molecular formula is C22H36N4O5. The zero-order chi connectivity index (χ0) is 25.5. The smallest absolute Gasteiger partial charge is 0.410 e. The van der Waals surface area contributed by atoms with Gasteiger partial charge in [-0.25, -0.2) is 4.79 Å². The number of amides is 1. The van der Waals surface area contributed by atoms with E-state index in [1.54, 1.807) is 17.0 Å². The summed E-state index contributed by atoms with van der Waals surface area (Å²) < 4.78 is 28.7. The molecule has 9 nitrogen and oxygen atoms in total. The van der Waals surface area contributed by atoms with Gasteiger partial charge < -0.3 is 25.4 Å². The lowest BCUT2D eigenvalue weighted by Crippen LogP contribution is -2.55. The number of rotatable bonds is 9. The molecule has 0 aliphatic carbocycles. The number of hydrogen-bond acceptors (Lipinski definition) is 7. The van der Waals surface area contributed by atoms with Crippen molar-refractivity contribution >= 4 is 17.5 Å². The van der Waals surface area contributed by atoms with Gasteiger partial charge in [0.15, 0.2) is 0 Å². The van der Waals surface area contributed by atoms with Crippen LogP contribution in [0.25, 0.3) is 0 Å². The fraction of sp³-hybridized carbons (Fsp3) is 0.682. The first-order valence-corrected chi connectivity index (χ1v) is 10.6. The zero-order valence-electron chi connectivity index (χ0n) is 21.5. The van der Waals surface area contributed by atoms with Crippen molar-refractivity contribution < 1.29 is 23.7 Å². The molecule has 0 aromatic heterocycles. The number of anilines is 1. The third-order valence-corrected chi connectivity index (χ3v) is 4.96. The third-order valence-electron chi connectivity index (χ3n) is 4.96. The maximum absolute atomic E-state index is 12.7. The molecular weight excluding hydrogens is 400 g/mol. The highest BCUT2D eigenvalue weighted by atomic mass is 16.6. The minimum absolute atomic E-state index is 0.00973. The molecule has 174 valence electrons. The highest BCUT2D eigenvalue weighted by molar-refractivity contribution is 5.69. The van der Waals surface area contributed by atoms with Gasteiger partial charge in [-0.15, -0.1) is 0 Å². The number of piperazine rings is 1. The van der Waals surface area contributed by atoms with E-state index >= 15 is 0 Å². The minimum Gasteiger partial charge on any atom is -0.444 e. The lowest BCUT2D eigenvalue weighted by molar-refractivity contribution is -0.384. The van der Waals surface area contributed by atoms with E-state index in [1.165, 1.54) is 6.07 Å². The number of carbonyl (C=O) groups excluding carboxylic acids is 1. The van der Waals surface area contributed by atoms with Crippen LogP contribution in [0.15, 0.2) is 18.2 Å². The van der Waals surface area contributed by atoms with Crippen LogP contribution in [0.4, 0.5) is 16.2 Å². The summed E-state index contributed by atoms with van der Waals surface area (Å²) in [6.45, 7) is 4.76. The van der Waals surface area contributed by atoms with Crippen LogP contribution in [-0.4, -0.2) is 65.5 Å². The summed E-state index contributed by atoms with van der Waals surface area (Å²) in [5.41, 5.74) is 0.234. The van der Waals surface area contributed by atoms with Gasteiger partial charge in [0, 0.05) is 43.0 Å². The standard InChI is InChI=1S/C22H36N4O5/c1-16(6-5-11-27)14-24-19-13-17(7-8-20(19)26(29)30)12-18-15-23-9-10-25(18)21(28)31-22(2,3)4/h7-8,13,16,18,23-24,27H,5-6,9-12,14-15H2,1-4H3/i1D3. The molecule has 1 fully saturated rings. The number of nitrogens with one attached hydrogen (secondary N) is 2. The van der Waals surface area contributed by atoms with Crippen molar-refractivity contribution in [1.29, 1.82) is 0 Å². The van der Waals surface area contributed by atoms with Crippen molar-refractivity contribution in [3.63, 3.8) is 0 Å². The molecule has 0 saturated carbocycles. The van der Waals surface area contributed by atoms with Crippen molar-refractivity contribution in [3.05, 3.63) is 33.9 Å². The van der Waals surface area contributed by atoms with E-state index in [1.807, 2.05) is 20.8 Å². The summed E-state index contributed by atoms with van der Waals surface area (Å²) in [6, 6.07) is 4.49. The Balaban J connectivity index is 2.20. The van der Waals surface area contributed by atoms with Crippen LogP contribution in [-0.2, 0) is 11.2 Å². The van der Waals surface area contributed by atoms with Gasteiger partial charge in [0.05, 0.1) is 11.0 Å². The van der Waals surface area contributed by atoms with Crippen molar-refractivity contribution in [3.8, 4) is 0 Å². The van der Waals surface area contributed by atoms with E-state index < -0.39 is 29.4 Å². The molecule has 0 bridgehead atoms. The van der Waals surface area contributed by atoms with Crippen LogP contribution < -0.4 is 10.6 Å². The molecule has 2 atom stereocenters. The van der Waals surface area contributed by atoms with E-state index in [0.29, 0.717) is 32.5 Å². The Labute approximate surface area is 188 Å². The molecule has 1 aromatic rings. The number of carbonyl (C=O) groups is 1. The number of nitro groups is 1. The summed E-state index contributed by atoms with van der Waals surface area (Å²) >= 11 is 0. The highest BCUT2D eigenvalue weighted by Crippen LogP contribution is 2.27. The van der Waals surface area contributed by atoms with Crippen LogP contribution in [0.2, 0.25) is 0 Å². The second-order valence-electron chi connectivity index (χ2n) is 8.79. The van der Waals surface area contributed by atoms with Crippen molar-refractivity contribution in [2.45, 2.75) is 58.5 Å². The Morgan fingerprint density at radius 3 is 2.94 bits per heavy atom. The second-order valence-corrected chi connectivity index (χ2v) is 8.79. The van der Waals surface area contributed by atoms with Gasteiger partial charge in [0.2, 0.25) is 0 Å². The average Bonchev–Trinajstić information content (AvgIpc) is 2.72. The molecule has 3 N–H and O–H groups in total. The van der Waals surface area contributed by atoms with Gasteiger partial charge in [-0.3, -0.25) is 10.1 Å². The molecule has 2 unspecified atom stereocenters. The number of ether oxygens (including phenoxy) is 1. The molecule has 9 heteroatoms. The van der Waals surface area contributed by atoms with Crippen molar-refractivity contribution in [2.24, 2.45) is 5.92 Å². The molecule has 1 amide bonds. The molecule has 1 aliphatic rings. The van der Waals surface area contributed by atoms with Crippen LogP contribution in [0.5, 0.6) is 0 Å². The topological polar surface area (TPSA) is 117 Å². The lowest BCUT2D eigenvalue weighted by Gasteiger charge is -2.37. The fourth-order valence-corrected chi connectivity index (χ4v) is 3.46. The van der Waals surface area contributed by atoms with E-state index in [9.17, 15) is 14.9 Å². The lowest BCUT2D eigenvalue weighted by atomic mass is 10.0. The fourth-order valence-electron chi connectivity index (χ4n) is 3.46. The maximum atomic E-state index is 12.7. The third kappa shape index (κ3) is 7.99. The number of aliphatic hydroxyl groups is 1. The number of benzene rings is 1. The SMILES string of the molecule is [2H]C([2H])([2H])C(CCCO)CNc1cc(CC2CNCCN2C(=O)OC(C)(C)C)ccc1[N+](=O)[O-]. The molecule has 31 heavy (non-hydrogen) atoms. The normalized spacial score (nSPS) is 19.7. The van der Waals surface area contributed by atoms with Gasteiger partial charge in [0.25, 0.3) is 5.69 Å². The maximum Gasteiger partial charge on any atom is 0.410 e. The summed E-state index contributed by atoms with van der Waals surface area (Å²) in [4.78, 5) is 25.4. The van der Waals surface area contributed by atoms with Crippen molar-refractivity contribution in [1.82, 2.24) is 10.2 Å². The van der Waals surface area contributed by atoms with E-state index in [0.717, 1.165) is 5.56 Å². The van der Waals surface area contributed by atoms with Gasteiger partial charge in [-0.2, -0.15) is 0 Å². The number of nitro benzene ring substituents is 1. The summed E-state index contributed by atoms with van der Waals surface area (Å²) in [5.74, 6) is -0.756. The van der Waals surface area contributed by atoms with E-state index in [-0.39, 0.29) is 37.0 Å². The molecule has 1 saturated heterocycles. The molecule has 1 aromatic carbocycles. The van der Waals surface area contributed by atoms with Crippen LogP contribution in [0, 0.1) is 16.0 Å². The predicted octanol–water partition coefficient (Wildman–Crippen LogP) is 3.17. The number of nitrogens with zero attached hydrogens (tertiary/aromatic N) is 2. The van der Waals surface area contributed by atoms with Crippen LogP contribution in [0.3, 0.4) is 0 Å². The van der Waals surface area contributed by atoms with Crippen LogP contribution >= 0.6 is 0 Å². The Hall–Kier alpha value is -2.39. The largest absolute Gasteiger partial charge is 0.444 e. The molecule has 0 radical (unpaired) electrons. The molecule has 0 spiro atoms. The van der Waals surface area contributed by atoms with Crippen LogP contribution in [0.1, 0.15) is 50.1 Å². The number of aliphatic hydroxyl groups excluding tert-OH is 1. The molecule has 1 aliphatic heterocycles. The van der Waals surface area contributed by atoms with E-state index in [2.05, 4.69) is 10.6 Å².